The van der Waals surface area contributed by atoms with E-state index in [0.29, 0.717) is 12.0 Å². The molecule has 0 aliphatic carbocycles. The van der Waals surface area contributed by atoms with Gasteiger partial charge < -0.3 is 14.8 Å². The van der Waals surface area contributed by atoms with Crippen molar-refractivity contribution < 1.29 is 9.47 Å². The normalized spacial score (nSPS) is 12.6. The zero-order chi connectivity index (χ0) is 13.5. The second kappa shape index (κ2) is 7.27. The monoisotopic (exact) mass is 251 g/mol. The molecule has 3 nitrogen and oxygen atoms in total. The molecule has 0 heterocycles. The Morgan fingerprint density at radius 3 is 2.28 bits per heavy atom. The minimum absolute atomic E-state index is 0.370. The van der Waals surface area contributed by atoms with E-state index in [1.165, 1.54) is 5.56 Å². The molecule has 1 N–H and O–H groups in total. The lowest BCUT2D eigenvalue weighted by Gasteiger charge is -2.21. The molecule has 18 heavy (non-hydrogen) atoms. The molecular formula is C15H25NO2. The van der Waals surface area contributed by atoms with Crippen LogP contribution in [0.5, 0.6) is 11.5 Å². The number of methoxy groups -OCH3 is 2. The third-order valence-corrected chi connectivity index (χ3v) is 2.97. The van der Waals surface area contributed by atoms with E-state index in [2.05, 4.69) is 38.2 Å². The van der Waals surface area contributed by atoms with Crippen molar-refractivity contribution in [1.82, 2.24) is 5.32 Å². The van der Waals surface area contributed by atoms with Crippen molar-refractivity contribution in [2.75, 3.05) is 20.8 Å². The summed E-state index contributed by atoms with van der Waals surface area (Å²) >= 11 is 0. The van der Waals surface area contributed by atoms with Gasteiger partial charge in [-0.05, 0) is 36.6 Å². The second-order valence-electron chi connectivity index (χ2n) is 4.85. The van der Waals surface area contributed by atoms with Crippen molar-refractivity contribution in [3.05, 3.63) is 23.8 Å². The molecule has 0 spiro atoms. The maximum absolute atomic E-state index is 5.36. The van der Waals surface area contributed by atoms with E-state index in [9.17, 15) is 0 Å². The third kappa shape index (κ3) is 3.91. The maximum atomic E-state index is 5.36. The van der Waals surface area contributed by atoms with Gasteiger partial charge in [0.25, 0.3) is 0 Å². The summed E-state index contributed by atoms with van der Waals surface area (Å²) in [5.41, 5.74) is 1.25. The summed E-state index contributed by atoms with van der Waals surface area (Å²) in [6.07, 6.45) is 1.11. The van der Waals surface area contributed by atoms with Crippen LogP contribution in [-0.4, -0.2) is 20.8 Å². The molecular weight excluding hydrogens is 226 g/mol. The van der Waals surface area contributed by atoms with E-state index in [-0.39, 0.29) is 0 Å². The molecule has 102 valence electrons. The van der Waals surface area contributed by atoms with Crippen LogP contribution in [0.25, 0.3) is 0 Å². The average molecular weight is 251 g/mol. The lowest BCUT2D eigenvalue weighted by Crippen LogP contribution is -2.22. The minimum Gasteiger partial charge on any atom is -0.493 e. The van der Waals surface area contributed by atoms with E-state index in [0.717, 1.165) is 24.5 Å². The number of hydrogen-bond donors (Lipinski definition) is 1. The summed E-state index contributed by atoms with van der Waals surface area (Å²) in [5, 5.41) is 3.52. The van der Waals surface area contributed by atoms with Gasteiger partial charge >= 0.3 is 0 Å². The van der Waals surface area contributed by atoms with Crippen molar-refractivity contribution in [3.63, 3.8) is 0 Å². The maximum Gasteiger partial charge on any atom is 0.161 e. The topological polar surface area (TPSA) is 30.5 Å². The van der Waals surface area contributed by atoms with Crippen molar-refractivity contribution in [2.24, 2.45) is 5.92 Å². The van der Waals surface area contributed by atoms with Crippen LogP contribution in [0.4, 0.5) is 0 Å². The van der Waals surface area contributed by atoms with E-state index >= 15 is 0 Å². The van der Waals surface area contributed by atoms with E-state index in [4.69, 9.17) is 9.47 Å². The van der Waals surface area contributed by atoms with Crippen LogP contribution < -0.4 is 14.8 Å². The molecule has 0 saturated heterocycles. The Morgan fingerprint density at radius 2 is 1.78 bits per heavy atom. The van der Waals surface area contributed by atoms with Crippen molar-refractivity contribution in [1.29, 1.82) is 0 Å². The van der Waals surface area contributed by atoms with Gasteiger partial charge in [-0.3, -0.25) is 0 Å². The van der Waals surface area contributed by atoms with Crippen molar-refractivity contribution in [3.8, 4) is 11.5 Å². The number of nitrogens with one attached hydrogen (secondary N) is 1. The average Bonchev–Trinajstić information content (AvgIpc) is 2.37. The first-order valence-electron chi connectivity index (χ1n) is 6.57. The van der Waals surface area contributed by atoms with Gasteiger partial charge in [0.15, 0.2) is 11.5 Å². The first kappa shape index (κ1) is 14.8. The number of ether oxygens (including phenoxy) is 2. The molecule has 1 atom stereocenters. The smallest absolute Gasteiger partial charge is 0.161 e. The van der Waals surface area contributed by atoms with Crippen LogP contribution in [0.3, 0.4) is 0 Å². The first-order valence-corrected chi connectivity index (χ1v) is 6.57. The van der Waals surface area contributed by atoms with Crippen molar-refractivity contribution >= 4 is 0 Å². The third-order valence-electron chi connectivity index (χ3n) is 2.97. The molecule has 0 bridgehead atoms. The molecule has 0 aromatic heterocycles. The Labute approximate surface area is 110 Å². The van der Waals surface area contributed by atoms with Gasteiger partial charge in [0.1, 0.15) is 0 Å². The van der Waals surface area contributed by atoms with Crippen LogP contribution in [0, 0.1) is 5.92 Å². The molecule has 0 saturated carbocycles. The fraction of sp³-hybridized carbons (Fsp3) is 0.600. The number of hydrogen-bond acceptors (Lipinski definition) is 3. The Hall–Kier alpha value is -1.22. The van der Waals surface area contributed by atoms with E-state index in [1.807, 2.05) is 6.07 Å². The first-order chi connectivity index (χ1) is 8.62. The highest BCUT2D eigenvalue weighted by molar-refractivity contribution is 5.43. The predicted octanol–water partition coefficient (Wildman–Crippen LogP) is 3.40. The SMILES string of the molecule is CCNC(CC(C)C)c1ccc(OC)c(OC)c1. The molecule has 1 aromatic carbocycles. The molecule has 0 amide bonds. The Bertz CT molecular complexity index is 364. The highest BCUT2D eigenvalue weighted by Crippen LogP contribution is 2.31. The Morgan fingerprint density at radius 1 is 1.11 bits per heavy atom. The predicted molar refractivity (Wildman–Crippen MR) is 75.4 cm³/mol. The van der Waals surface area contributed by atoms with Crippen LogP contribution in [0.15, 0.2) is 18.2 Å². The summed E-state index contributed by atoms with van der Waals surface area (Å²) in [7, 11) is 3.33. The summed E-state index contributed by atoms with van der Waals surface area (Å²) in [5.74, 6) is 2.23. The Kier molecular flexibility index (Phi) is 5.99. The summed E-state index contributed by atoms with van der Waals surface area (Å²) in [6, 6.07) is 6.51. The van der Waals surface area contributed by atoms with Gasteiger partial charge in [-0.2, -0.15) is 0 Å². The van der Waals surface area contributed by atoms with E-state index in [1.54, 1.807) is 14.2 Å². The molecule has 1 rings (SSSR count). The molecule has 0 aliphatic heterocycles. The fourth-order valence-electron chi connectivity index (χ4n) is 2.12. The highest BCUT2D eigenvalue weighted by Gasteiger charge is 2.14. The Balaban J connectivity index is 2.97. The van der Waals surface area contributed by atoms with Crippen LogP contribution in [-0.2, 0) is 0 Å². The molecule has 0 radical (unpaired) electrons. The summed E-state index contributed by atoms with van der Waals surface area (Å²) in [6.45, 7) is 7.58. The number of benzene rings is 1. The lowest BCUT2D eigenvalue weighted by molar-refractivity contribution is 0.353. The van der Waals surface area contributed by atoms with E-state index < -0.39 is 0 Å². The largest absolute Gasteiger partial charge is 0.493 e. The van der Waals surface area contributed by atoms with Gasteiger partial charge in [0.2, 0.25) is 0 Å². The fourth-order valence-corrected chi connectivity index (χ4v) is 2.12. The number of rotatable bonds is 7. The van der Waals surface area contributed by atoms with Gasteiger partial charge in [-0.15, -0.1) is 0 Å². The molecule has 1 aromatic rings. The standard InChI is InChI=1S/C15H25NO2/c1-6-16-13(9-11(2)3)12-7-8-14(17-4)15(10-12)18-5/h7-8,10-11,13,16H,6,9H2,1-5H3. The summed E-state index contributed by atoms with van der Waals surface area (Å²) < 4.78 is 10.6. The van der Waals surface area contributed by atoms with Gasteiger partial charge in [-0.1, -0.05) is 26.8 Å². The molecule has 1 unspecified atom stereocenters. The van der Waals surface area contributed by atoms with Gasteiger partial charge in [0.05, 0.1) is 14.2 Å². The molecule has 0 aliphatic rings. The highest BCUT2D eigenvalue weighted by atomic mass is 16.5. The van der Waals surface area contributed by atoms with Crippen LogP contribution in [0.2, 0.25) is 0 Å². The van der Waals surface area contributed by atoms with Gasteiger partial charge in [0, 0.05) is 6.04 Å². The van der Waals surface area contributed by atoms with Crippen molar-refractivity contribution in [2.45, 2.75) is 33.2 Å². The zero-order valence-electron chi connectivity index (χ0n) is 12.1. The molecule has 3 heteroatoms. The lowest BCUT2D eigenvalue weighted by atomic mass is 9.96. The van der Waals surface area contributed by atoms with Crippen LogP contribution >= 0.6 is 0 Å². The second-order valence-corrected chi connectivity index (χ2v) is 4.85. The zero-order valence-corrected chi connectivity index (χ0v) is 12.1. The van der Waals surface area contributed by atoms with Gasteiger partial charge in [-0.25, -0.2) is 0 Å². The van der Waals surface area contributed by atoms with Crippen LogP contribution in [0.1, 0.15) is 38.8 Å². The minimum atomic E-state index is 0.370. The quantitative estimate of drug-likeness (QED) is 0.805. The summed E-state index contributed by atoms with van der Waals surface area (Å²) in [4.78, 5) is 0. The molecule has 0 fully saturated rings.